The zero-order valence-corrected chi connectivity index (χ0v) is 17.0. The molecule has 0 bridgehead atoms. The predicted molar refractivity (Wildman–Crippen MR) is 53.6 cm³/mol. The summed E-state index contributed by atoms with van der Waals surface area (Å²) in [4.78, 5) is 65.1. The third-order valence-corrected chi connectivity index (χ3v) is 8.35. The van der Waals surface area contributed by atoms with Crippen molar-refractivity contribution in [1.29, 1.82) is 0 Å². The topological polar surface area (TPSA) is 185 Å². The van der Waals surface area contributed by atoms with Crippen LogP contribution in [0.15, 0.2) is 0 Å². The molecule has 17 heteroatoms. The van der Waals surface area contributed by atoms with Crippen molar-refractivity contribution in [2.24, 2.45) is 0 Å². The average molecular weight is 730 g/mol. The summed E-state index contributed by atoms with van der Waals surface area (Å²) in [6, 6.07) is 0. The Morgan fingerprint density at radius 1 is 0.652 bits per heavy atom. The van der Waals surface area contributed by atoms with Gasteiger partial charge >= 0.3 is 143 Å². The van der Waals surface area contributed by atoms with E-state index in [1.165, 1.54) is 0 Å². The van der Waals surface area contributed by atoms with Crippen LogP contribution in [-0.2, 0) is 31.1 Å². The fraction of sp³-hybridized carbons (Fsp3) is 0. The molecule has 2 aliphatic rings. The molecular formula is C6Bi2O15. The van der Waals surface area contributed by atoms with Gasteiger partial charge in [0.15, 0.2) is 0 Å². The fourth-order valence-corrected chi connectivity index (χ4v) is 5.37. The quantitative estimate of drug-likeness (QED) is 0.158. The molecule has 2 saturated heterocycles. The van der Waals surface area contributed by atoms with Gasteiger partial charge in [-0.3, -0.25) is 0 Å². The number of hydrogen-bond acceptors (Lipinski definition) is 15. The predicted octanol–water partition coefficient (Wildman–Crippen LogP) is -0.147. The maximum atomic E-state index is 11.2. The van der Waals surface area contributed by atoms with Crippen molar-refractivity contribution >= 4 is 83.1 Å². The second-order valence-corrected chi connectivity index (χ2v) is 10.5. The fourth-order valence-electron chi connectivity index (χ4n) is 0.793. The Kier molecular flexibility index (Phi) is 5.66. The number of rotatable bonds is 2. The summed E-state index contributed by atoms with van der Waals surface area (Å²) in [6.45, 7) is 0. The van der Waals surface area contributed by atoms with E-state index in [9.17, 15) is 28.8 Å². The first kappa shape index (κ1) is 17.3. The van der Waals surface area contributed by atoms with E-state index in [0.717, 1.165) is 0 Å². The molecule has 0 aromatic heterocycles. The van der Waals surface area contributed by atoms with Crippen LogP contribution in [0.2, 0.25) is 0 Å². The zero-order valence-electron chi connectivity index (χ0n) is 10.0. The van der Waals surface area contributed by atoms with Crippen molar-refractivity contribution in [2.45, 2.75) is 0 Å². The van der Waals surface area contributed by atoms with Crippen molar-refractivity contribution in [3.8, 4) is 0 Å². The van der Waals surface area contributed by atoms with E-state index < -0.39 is 83.1 Å². The van der Waals surface area contributed by atoms with Crippen molar-refractivity contribution in [1.82, 2.24) is 0 Å². The standard InChI is InChI=1S/3C2H2O5.2Bi/c3*3-1(4)7-2(5)6;;/h3*(H,3,4)(H,5,6);;/q;;;2*+3/p-6. The van der Waals surface area contributed by atoms with Gasteiger partial charge in [-0.05, 0) is 0 Å². The molecule has 0 aliphatic carbocycles. The van der Waals surface area contributed by atoms with Crippen molar-refractivity contribution in [2.75, 3.05) is 0 Å². The minimum absolute atomic E-state index is 1.44. The van der Waals surface area contributed by atoms with E-state index in [4.69, 9.17) is 0 Å². The van der Waals surface area contributed by atoms with Gasteiger partial charge in [0.25, 0.3) is 0 Å². The molecular weight excluding hydrogens is 730 g/mol. The van der Waals surface area contributed by atoms with Crippen molar-refractivity contribution in [3.05, 3.63) is 0 Å². The number of cyclic esters (lactones) is 4. The molecule has 0 aromatic carbocycles. The Morgan fingerprint density at radius 2 is 0.957 bits per heavy atom. The van der Waals surface area contributed by atoms with Gasteiger partial charge in [0.2, 0.25) is 0 Å². The molecule has 0 atom stereocenters. The number of carbonyl (C=O) groups excluding carboxylic acids is 6. The van der Waals surface area contributed by atoms with Crippen LogP contribution in [0.4, 0.5) is 28.8 Å². The summed E-state index contributed by atoms with van der Waals surface area (Å²) >= 11 is -8.56. The van der Waals surface area contributed by atoms with Crippen molar-refractivity contribution < 1.29 is 59.9 Å². The minimum atomic E-state index is -4.28. The molecule has 0 spiro atoms. The van der Waals surface area contributed by atoms with Gasteiger partial charge in [-0.1, -0.05) is 0 Å². The third kappa shape index (κ3) is 5.60. The molecule has 0 N–H and O–H groups in total. The normalized spacial score (nSPS) is 18.3. The van der Waals surface area contributed by atoms with E-state index >= 15 is 0 Å². The van der Waals surface area contributed by atoms with Gasteiger partial charge in [0.05, 0.1) is 0 Å². The number of ether oxygens (including phenoxy) is 3. The molecule has 0 aromatic rings. The maximum absolute atomic E-state index is 11.2. The van der Waals surface area contributed by atoms with Crippen molar-refractivity contribution in [3.63, 3.8) is 0 Å². The first-order valence-corrected chi connectivity index (χ1v) is 13.3. The van der Waals surface area contributed by atoms with Crippen LogP contribution in [0.25, 0.3) is 0 Å². The zero-order chi connectivity index (χ0) is 17.0. The van der Waals surface area contributed by atoms with Gasteiger partial charge in [-0.15, -0.1) is 0 Å². The summed E-state index contributed by atoms with van der Waals surface area (Å²) in [7, 11) is 0. The van der Waals surface area contributed by atoms with Crippen LogP contribution in [0.5, 0.6) is 0 Å². The van der Waals surface area contributed by atoms with Crippen LogP contribution in [0.1, 0.15) is 0 Å². The Balaban J connectivity index is 1.77. The Morgan fingerprint density at radius 3 is 1.26 bits per heavy atom. The Labute approximate surface area is 142 Å². The van der Waals surface area contributed by atoms with Gasteiger partial charge in [0.1, 0.15) is 0 Å². The van der Waals surface area contributed by atoms with E-state index in [1.54, 1.807) is 0 Å². The Hall–Kier alpha value is -2.01. The van der Waals surface area contributed by atoms with E-state index in [1.807, 2.05) is 0 Å². The van der Waals surface area contributed by atoms with Crippen LogP contribution < -0.4 is 0 Å². The number of hydrogen-bond donors (Lipinski definition) is 0. The summed E-state index contributed by atoms with van der Waals surface area (Å²) in [5.41, 5.74) is 0. The van der Waals surface area contributed by atoms with Gasteiger partial charge in [0, 0.05) is 0 Å². The molecule has 0 saturated carbocycles. The molecule has 2 fully saturated rings. The van der Waals surface area contributed by atoms with Crippen LogP contribution in [0.3, 0.4) is 0 Å². The molecule has 2 heterocycles. The van der Waals surface area contributed by atoms with Crippen LogP contribution in [-0.4, -0.2) is 83.1 Å². The molecule has 0 unspecified atom stereocenters. The van der Waals surface area contributed by atoms with E-state index in [-0.39, 0.29) is 0 Å². The second kappa shape index (κ2) is 7.50. The SMILES string of the molecule is O=C1OC(=O)[O][Bi]([O]C(=O)OC(=O)[O][Bi]2[O]C(=O)OC(=O)[O]2)[O]1. The first-order chi connectivity index (χ1) is 10.8. The van der Waals surface area contributed by atoms with Gasteiger partial charge < -0.3 is 0 Å². The van der Waals surface area contributed by atoms with E-state index in [0.29, 0.717) is 0 Å². The molecule has 23 heavy (non-hydrogen) atoms. The second-order valence-electron chi connectivity index (χ2n) is 2.80. The number of carbonyl (C=O) groups is 6. The summed E-state index contributed by atoms with van der Waals surface area (Å²) in [5, 5.41) is 0. The van der Waals surface area contributed by atoms with Gasteiger partial charge in [-0.25, -0.2) is 0 Å². The average Bonchev–Trinajstić information content (AvgIpc) is 2.34. The molecule has 2 rings (SSSR count). The van der Waals surface area contributed by atoms with Crippen LogP contribution >= 0.6 is 0 Å². The molecule has 0 radical (unpaired) electrons. The summed E-state index contributed by atoms with van der Waals surface area (Å²) in [5.74, 6) is 0. The molecule has 124 valence electrons. The van der Waals surface area contributed by atoms with Crippen LogP contribution in [0, 0.1) is 0 Å². The Bertz CT molecular complexity index is 501. The monoisotopic (exact) mass is 730 g/mol. The third-order valence-electron chi connectivity index (χ3n) is 1.39. The van der Waals surface area contributed by atoms with Gasteiger partial charge in [-0.2, -0.15) is 0 Å². The molecule has 0 amide bonds. The molecule has 15 nitrogen and oxygen atoms in total. The summed E-state index contributed by atoms with van der Waals surface area (Å²) in [6.07, 6.45) is -9.22. The molecule has 2 aliphatic heterocycles. The summed E-state index contributed by atoms with van der Waals surface area (Å²) < 4.78 is 37.2. The first-order valence-electron chi connectivity index (χ1n) is 4.77. The van der Waals surface area contributed by atoms with E-state index in [2.05, 4.69) is 31.1 Å².